The lowest BCUT2D eigenvalue weighted by molar-refractivity contribution is 0.0868. The molecule has 1 heterocycles. The number of hydrogen-bond acceptors (Lipinski definition) is 3. The number of ether oxygens (including phenoxy) is 2. The van der Waals surface area contributed by atoms with Crippen molar-refractivity contribution < 1.29 is 9.47 Å². The lowest BCUT2D eigenvalue weighted by atomic mass is 9.66. The Morgan fingerprint density at radius 2 is 1.25 bits per heavy atom. The average Bonchev–Trinajstić information content (AvgIpc) is 3.28. The maximum absolute atomic E-state index is 7.00. The Morgan fingerprint density at radius 1 is 0.667 bits per heavy atom. The first-order valence-electron chi connectivity index (χ1n) is 12.2. The van der Waals surface area contributed by atoms with E-state index >= 15 is 0 Å². The molecule has 3 heteroatoms. The molecule has 6 rings (SSSR count). The summed E-state index contributed by atoms with van der Waals surface area (Å²) in [7, 11) is 1.67. The first kappa shape index (κ1) is 22.1. The molecular weight excluding hydrogens is 442 g/mol. The quantitative estimate of drug-likeness (QED) is 0.307. The first-order valence-corrected chi connectivity index (χ1v) is 12.2. The molecule has 0 saturated heterocycles. The van der Waals surface area contributed by atoms with Crippen molar-refractivity contribution in [3.8, 4) is 5.75 Å². The van der Waals surface area contributed by atoms with Gasteiger partial charge in [-0.3, -0.25) is 0 Å². The number of fused-ring (bicyclic) bond motifs is 1. The van der Waals surface area contributed by atoms with Gasteiger partial charge in [0.25, 0.3) is 0 Å². The summed E-state index contributed by atoms with van der Waals surface area (Å²) in [6.45, 7) is 2.19. The highest BCUT2D eigenvalue weighted by molar-refractivity contribution is 6.01. The molecule has 3 nitrogen and oxygen atoms in total. The molecule has 0 aromatic heterocycles. The van der Waals surface area contributed by atoms with E-state index in [1.807, 2.05) is 42.5 Å². The number of methoxy groups -OCH3 is 1. The second kappa shape index (κ2) is 8.69. The molecule has 176 valence electrons. The van der Waals surface area contributed by atoms with Crippen LogP contribution in [0, 0.1) is 0 Å². The van der Waals surface area contributed by atoms with Crippen LogP contribution in [-0.4, -0.2) is 18.5 Å². The van der Waals surface area contributed by atoms with Gasteiger partial charge in [0.1, 0.15) is 11.3 Å². The van der Waals surface area contributed by atoms with Crippen molar-refractivity contribution in [2.75, 3.05) is 7.11 Å². The Hall–Kier alpha value is -4.37. The van der Waals surface area contributed by atoms with Crippen LogP contribution >= 0.6 is 0 Å². The van der Waals surface area contributed by atoms with Crippen LogP contribution in [0.3, 0.4) is 0 Å². The van der Waals surface area contributed by atoms with Gasteiger partial charge in [-0.2, -0.15) is 0 Å². The average molecular weight is 470 g/mol. The SMILES string of the molecule is COc1ccc(C2=NC3(C)C(c4ccccc4)=CC(c4ccccc4)=CC3(c3ccccc3)O2)cc1. The van der Waals surface area contributed by atoms with Gasteiger partial charge in [-0.1, -0.05) is 91.0 Å². The Labute approximate surface area is 212 Å². The predicted molar refractivity (Wildman–Crippen MR) is 146 cm³/mol. The van der Waals surface area contributed by atoms with E-state index < -0.39 is 11.1 Å². The molecular formula is C33H27NO2. The predicted octanol–water partition coefficient (Wildman–Crippen LogP) is 7.31. The second-order valence-electron chi connectivity index (χ2n) is 9.31. The minimum absolute atomic E-state index is 0.622. The van der Waals surface area contributed by atoms with E-state index in [9.17, 15) is 0 Å². The Bertz CT molecular complexity index is 1470. The molecule has 1 aliphatic heterocycles. The second-order valence-corrected chi connectivity index (χ2v) is 9.31. The minimum Gasteiger partial charge on any atom is -0.497 e. The Kier molecular flexibility index (Phi) is 5.34. The maximum Gasteiger partial charge on any atom is 0.218 e. The summed E-state index contributed by atoms with van der Waals surface area (Å²) >= 11 is 0. The van der Waals surface area contributed by atoms with E-state index in [0.717, 1.165) is 39.1 Å². The summed E-state index contributed by atoms with van der Waals surface area (Å²) in [5.41, 5.74) is 4.98. The first-order chi connectivity index (χ1) is 17.6. The molecule has 0 radical (unpaired) electrons. The third kappa shape index (κ3) is 3.47. The van der Waals surface area contributed by atoms with Crippen molar-refractivity contribution in [2.24, 2.45) is 4.99 Å². The molecule has 4 aromatic carbocycles. The molecule has 0 spiro atoms. The van der Waals surface area contributed by atoms with Gasteiger partial charge in [0.05, 0.1) is 7.11 Å². The van der Waals surface area contributed by atoms with Gasteiger partial charge in [-0.25, -0.2) is 4.99 Å². The van der Waals surface area contributed by atoms with E-state index in [1.165, 1.54) is 0 Å². The van der Waals surface area contributed by atoms with Crippen molar-refractivity contribution in [1.29, 1.82) is 0 Å². The summed E-state index contributed by atoms with van der Waals surface area (Å²) in [6, 6.07) is 39.3. The monoisotopic (exact) mass is 469 g/mol. The number of benzene rings is 4. The van der Waals surface area contributed by atoms with E-state index in [1.54, 1.807) is 7.11 Å². The molecule has 0 saturated carbocycles. The van der Waals surface area contributed by atoms with Crippen LogP contribution in [0.4, 0.5) is 0 Å². The third-order valence-corrected chi connectivity index (χ3v) is 7.22. The number of allylic oxidation sites excluding steroid dienone is 2. The summed E-state index contributed by atoms with van der Waals surface area (Å²) in [6.07, 6.45) is 4.53. The fourth-order valence-electron chi connectivity index (χ4n) is 5.29. The number of aliphatic imine (C=N–C) groups is 1. The smallest absolute Gasteiger partial charge is 0.218 e. The van der Waals surface area contributed by atoms with Crippen LogP contribution in [-0.2, 0) is 10.3 Å². The molecule has 0 fully saturated rings. The molecule has 4 aromatic rings. The molecule has 0 bridgehead atoms. The van der Waals surface area contributed by atoms with Gasteiger partial charge in [0, 0.05) is 11.1 Å². The van der Waals surface area contributed by atoms with E-state index in [2.05, 4.69) is 91.9 Å². The van der Waals surface area contributed by atoms with Crippen molar-refractivity contribution >= 4 is 17.0 Å². The van der Waals surface area contributed by atoms with Crippen LogP contribution in [0.1, 0.15) is 29.2 Å². The van der Waals surface area contributed by atoms with E-state index in [4.69, 9.17) is 14.5 Å². The normalized spacial score (nSPS) is 22.6. The summed E-state index contributed by atoms with van der Waals surface area (Å²) in [4.78, 5) is 5.34. The van der Waals surface area contributed by atoms with Crippen molar-refractivity contribution in [2.45, 2.75) is 18.1 Å². The topological polar surface area (TPSA) is 30.8 Å². The van der Waals surface area contributed by atoms with Gasteiger partial charge in [-0.05, 0) is 65.6 Å². The third-order valence-electron chi connectivity index (χ3n) is 7.22. The van der Waals surface area contributed by atoms with E-state index in [-0.39, 0.29) is 0 Å². The fourth-order valence-corrected chi connectivity index (χ4v) is 5.29. The lowest BCUT2D eigenvalue weighted by Gasteiger charge is -2.43. The zero-order valence-electron chi connectivity index (χ0n) is 20.4. The Balaban J connectivity index is 1.62. The standard InChI is InChI=1S/C33H27NO2/c1-32-30(25-14-8-4-9-15-25)22-27(24-12-6-3-7-13-24)23-33(32,28-16-10-5-11-17-28)36-31(34-32)26-18-20-29(35-2)21-19-26/h3-23H,1-2H3. The summed E-state index contributed by atoms with van der Waals surface area (Å²) in [5, 5.41) is 0. The van der Waals surface area contributed by atoms with Crippen LogP contribution in [0.25, 0.3) is 11.1 Å². The van der Waals surface area contributed by atoms with Gasteiger partial charge >= 0.3 is 0 Å². The van der Waals surface area contributed by atoms with Crippen LogP contribution in [0.5, 0.6) is 5.75 Å². The molecule has 2 atom stereocenters. The maximum atomic E-state index is 7.00. The van der Waals surface area contributed by atoms with Crippen LogP contribution in [0.15, 0.2) is 132 Å². The molecule has 2 aliphatic rings. The summed E-state index contributed by atoms with van der Waals surface area (Å²) in [5.74, 6) is 1.42. The zero-order valence-corrected chi connectivity index (χ0v) is 20.4. The minimum atomic E-state index is -0.825. The van der Waals surface area contributed by atoms with Crippen molar-refractivity contribution in [3.63, 3.8) is 0 Å². The molecule has 0 N–H and O–H groups in total. The number of rotatable bonds is 5. The van der Waals surface area contributed by atoms with E-state index in [0.29, 0.717) is 5.90 Å². The Morgan fingerprint density at radius 3 is 1.86 bits per heavy atom. The van der Waals surface area contributed by atoms with Gasteiger partial charge in [0.15, 0.2) is 5.60 Å². The van der Waals surface area contributed by atoms with Gasteiger partial charge < -0.3 is 9.47 Å². The van der Waals surface area contributed by atoms with Crippen molar-refractivity contribution in [3.05, 3.63) is 150 Å². The number of hydrogen-bond donors (Lipinski definition) is 0. The highest BCUT2D eigenvalue weighted by atomic mass is 16.5. The largest absolute Gasteiger partial charge is 0.497 e. The fraction of sp³-hybridized carbons (Fsp3) is 0.121. The van der Waals surface area contributed by atoms with Crippen LogP contribution < -0.4 is 4.74 Å². The van der Waals surface area contributed by atoms with Gasteiger partial charge in [-0.15, -0.1) is 0 Å². The molecule has 0 amide bonds. The molecule has 1 aliphatic carbocycles. The summed E-state index contributed by atoms with van der Waals surface area (Å²) < 4.78 is 12.4. The lowest BCUT2D eigenvalue weighted by Crippen LogP contribution is -2.47. The van der Waals surface area contributed by atoms with Crippen LogP contribution in [0.2, 0.25) is 0 Å². The van der Waals surface area contributed by atoms with Gasteiger partial charge in [0.2, 0.25) is 5.90 Å². The molecule has 36 heavy (non-hydrogen) atoms. The van der Waals surface area contributed by atoms with Crippen molar-refractivity contribution in [1.82, 2.24) is 0 Å². The zero-order chi connectivity index (χ0) is 24.6. The highest BCUT2D eigenvalue weighted by Gasteiger charge is 2.59. The highest BCUT2D eigenvalue weighted by Crippen LogP contribution is 2.56. The number of nitrogens with zero attached hydrogens (tertiary/aromatic N) is 1. The molecule has 2 unspecified atom stereocenters.